The zero-order valence-corrected chi connectivity index (χ0v) is 11.9. The highest BCUT2D eigenvalue weighted by atomic mass is 79.9. The van der Waals surface area contributed by atoms with Crippen molar-refractivity contribution in [2.45, 2.75) is 12.6 Å². The molecule has 19 heavy (non-hydrogen) atoms. The van der Waals surface area contributed by atoms with Gasteiger partial charge in [-0.1, -0.05) is 40.2 Å². The highest BCUT2D eigenvalue weighted by Gasteiger charge is 2.06. The normalized spacial score (nSPS) is 12.4. The van der Waals surface area contributed by atoms with E-state index in [0.717, 1.165) is 10.0 Å². The van der Waals surface area contributed by atoms with Crippen molar-refractivity contribution in [1.82, 2.24) is 5.32 Å². The Morgan fingerprint density at radius 3 is 2.58 bits per heavy atom. The van der Waals surface area contributed by atoms with Crippen molar-refractivity contribution in [2.24, 2.45) is 0 Å². The Balaban J connectivity index is 1.84. The van der Waals surface area contributed by atoms with Crippen LogP contribution < -0.4 is 5.32 Å². The molecule has 2 aromatic carbocycles. The van der Waals surface area contributed by atoms with Gasteiger partial charge >= 0.3 is 0 Å². The Bertz CT molecular complexity index is 530. The first-order chi connectivity index (χ1) is 9.15. The Kier molecular flexibility index (Phi) is 5.07. The molecule has 1 atom stereocenters. The van der Waals surface area contributed by atoms with Crippen LogP contribution in [0.5, 0.6) is 0 Å². The molecule has 4 heteroatoms. The molecule has 0 fully saturated rings. The van der Waals surface area contributed by atoms with E-state index in [9.17, 15) is 9.50 Å². The van der Waals surface area contributed by atoms with E-state index in [1.54, 1.807) is 12.1 Å². The maximum Gasteiger partial charge on any atom is 0.123 e. The molecule has 0 amide bonds. The molecule has 0 spiro atoms. The summed E-state index contributed by atoms with van der Waals surface area (Å²) in [5.74, 6) is -0.293. The van der Waals surface area contributed by atoms with Gasteiger partial charge in [-0.2, -0.15) is 0 Å². The average molecular weight is 324 g/mol. The van der Waals surface area contributed by atoms with Gasteiger partial charge in [-0.05, 0) is 35.4 Å². The number of rotatable bonds is 5. The Morgan fingerprint density at radius 1 is 1.16 bits per heavy atom. The van der Waals surface area contributed by atoms with Crippen molar-refractivity contribution in [3.05, 3.63) is 69.9 Å². The van der Waals surface area contributed by atoms with E-state index in [2.05, 4.69) is 21.2 Å². The van der Waals surface area contributed by atoms with Gasteiger partial charge in [-0.25, -0.2) is 4.39 Å². The summed E-state index contributed by atoms with van der Waals surface area (Å²) >= 11 is 3.41. The lowest BCUT2D eigenvalue weighted by atomic mass is 10.1. The second kappa shape index (κ2) is 6.80. The quantitative estimate of drug-likeness (QED) is 0.883. The molecule has 0 aliphatic heterocycles. The highest BCUT2D eigenvalue weighted by Crippen LogP contribution is 2.14. The Hall–Kier alpha value is -1.23. The molecular weight excluding hydrogens is 309 g/mol. The van der Waals surface area contributed by atoms with Gasteiger partial charge in [0, 0.05) is 17.6 Å². The lowest BCUT2D eigenvalue weighted by molar-refractivity contribution is 0.174. The van der Waals surface area contributed by atoms with Crippen LogP contribution in [0.1, 0.15) is 17.2 Å². The van der Waals surface area contributed by atoms with E-state index >= 15 is 0 Å². The first-order valence-electron chi connectivity index (χ1n) is 6.04. The van der Waals surface area contributed by atoms with Crippen LogP contribution in [0, 0.1) is 5.82 Å². The van der Waals surface area contributed by atoms with Crippen molar-refractivity contribution in [2.75, 3.05) is 6.54 Å². The third-order valence-electron chi connectivity index (χ3n) is 2.81. The fraction of sp³-hybridized carbons (Fsp3) is 0.200. The predicted molar refractivity (Wildman–Crippen MR) is 77.2 cm³/mol. The molecule has 1 unspecified atom stereocenters. The van der Waals surface area contributed by atoms with Gasteiger partial charge in [-0.15, -0.1) is 0 Å². The fourth-order valence-corrected chi connectivity index (χ4v) is 2.25. The summed E-state index contributed by atoms with van der Waals surface area (Å²) in [6, 6.07) is 13.9. The smallest absolute Gasteiger partial charge is 0.123 e. The molecule has 2 aromatic rings. The van der Waals surface area contributed by atoms with Gasteiger partial charge in [0.15, 0.2) is 0 Å². The Morgan fingerprint density at radius 2 is 1.89 bits per heavy atom. The van der Waals surface area contributed by atoms with E-state index in [1.807, 2.05) is 24.3 Å². The lowest BCUT2D eigenvalue weighted by Crippen LogP contribution is -2.21. The summed E-state index contributed by atoms with van der Waals surface area (Å²) in [7, 11) is 0. The number of aliphatic hydroxyl groups is 1. The molecule has 0 bridgehead atoms. The zero-order valence-electron chi connectivity index (χ0n) is 10.3. The van der Waals surface area contributed by atoms with Gasteiger partial charge in [0.25, 0.3) is 0 Å². The molecule has 0 saturated heterocycles. The maximum atomic E-state index is 12.8. The Labute approximate surface area is 120 Å². The largest absolute Gasteiger partial charge is 0.387 e. The van der Waals surface area contributed by atoms with Crippen molar-refractivity contribution in [3.63, 3.8) is 0 Å². The van der Waals surface area contributed by atoms with Gasteiger partial charge in [0.05, 0.1) is 6.10 Å². The maximum absolute atomic E-state index is 12.8. The number of hydrogen-bond donors (Lipinski definition) is 2. The molecule has 0 aliphatic carbocycles. The molecule has 0 saturated carbocycles. The summed E-state index contributed by atoms with van der Waals surface area (Å²) in [6.07, 6.45) is -0.632. The van der Waals surface area contributed by atoms with Gasteiger partial charge < -0.3 is 10.4 Å². The van der Waals surface area contributed by atoms with Crippen molar-refractivity contribution < 1.29 is 9.50 Å². The molecule has 0 aliphatic rings. The van der Waals surface area contributed by atoms with Gasteiger partial charge in [0.2, 0.25) is 0 Å². The lowest BCUT2D eigenvalue weighted by Gasteiger charge is -2.12. The third kappa shape index (κ3) is 4.42. The SMILES string of the molecule is OC(CNCc1cccc(Br)c1)c1ccc(F)cc1. The molecule has 0 aromatic heterocycles. The zero-order chi connectivity index (χ0) is 13.7. The van der Waals surface area contributed by atoms with Gasteiger partial charge in [0.1, 0.15) is 5.82 Å². The van der Waals surface area contributed by atoms with Crippen LogP contribution in [0.25, 0.3) is 0 Å². The van der Waals surface area contributed by atoms with Crippen LogP contribution in [0.15, 0.2) is 53.0 Å². The average Bonchev–Trinajstić information content (AvgIpc) is 2.39. The molecule has 2 rings (SSSR count). The number of hydrogen-bond acceptors (Lipinski definition) is 2. The van der Waals surface area contributed by atoms with Crippen LogP contribution >= 0.6 is 15.9 Å². The van der Waals surface area contributed by atoms with Crippen LogP contribution in [0.3, 0.4) is 0 Å². The van der Waals surface area contributed by atoms with Crippen molar-refractivity contribution in [1.29, 1.82) is 0 Å². The van der Waals surface area contributed by atoms with E-state index in [0.29, 0.717) is 18.7 Å². The summed E-state index contributed by atoms with van der Waals surface area (Å²) in [4.78, 5) is 0. The second-order valence-electron chi connectivity index (χ2n) is 4.33. The minimum Gasteiger partial charge on any atom is -0.387 e. The van der Waals surface area contributed by atoms with E-state index in [1.165, 1.54) is 12.1 Å². The predicted octanol–water partition coefficient (Wildman–Crippen LogP) is 3.41. The topological polar surface area (TPSA) is 32.3 Å². The number of nitrogens with one attached hydrogen (secondary N) is 1. The van der Waals surface area contributed by atoms with E-state index in [4.69, 9.17) is 0 Å². The van der Waals surface area contributed by atoms with E-state index in [-0.39, 0.29) is 5.82 Å². The van der Waals surface area contributed by atoms with Crippen LogP contribution in [0.2, 0.25) is 0 Å². The van der Waals surface area contributed by atoms with Crippen molar-refractivity contribution in [3.8, 4) is 0 Å². The molecule has 0 heterocycles. The first kappa shape index (κ1) is 14.2. The second-order valence-corrected chi connectivity index (χ2v) is 5.24. The summed E-state index contributed by atoms with van der Waals surface area (Å²) in [5, 5.41) is 13.1. The molecular formula is C15H15BrFNO. The monoisotopic (exact) mass is 323 g/mol. The summed E-state index contributed by atoms with van der Waals surface area (Å²) in [6.45, 7) is 1.11. The van der Waals surface area contributed by atoms with E-state index < -0.39 is 6.10 Å². The summed E-state index contributed by atoms with van der Waals surface area (Å²) < 4.78 is 13.8. The molecule has 2 N–H and O–H groups in total. The van der Waals surface area contributed by atoms with Gasteiger partial charge in [-0.3, -0.25) is 0 Å². The molecule has 0 radical (unpaired) electrons. The molecule has 2 nitrogen and oxygen atoms in total. The number of halogens is 2. The van der Waals surface area contributed by atoms with Crippen LogP contribution in [-0.2, 0) is 6.54 Å². The fourth-order valence-electron chi connectivity index (χ4n) is 1.80. The standard InChI is InChI=1S/C15H15BrFNO/c16-13-3-1-2-11(8-13)9-18-10-15(19)12-4-6-14(17)7-5-12/h1-8,15,18-19H,9-10H2. The van der Waals surface area contributed by atoms with Crippen LogP contribution in [0.4, 0.5) is 4.39 Å². The summed E-state index contributed by atoms with van der Waals surface area (Å²) in [5.41, 5.74) is 1.85. The highest BCUT2D eigenvalue weighted by molar-refractivity contribution is 9.10. The minimum absolute atomic E-state index is 0.293. The third-order valence-corrected chi connectivity index (χ3v) is 3.30. The first-order valence-corrected chi connectivity index (χ1v) is 6.83. The molecule has 100 valence electrons. The van der Waals surface area contributed by atoms with Crippen molar-refractivity contribution >= 4 is 15.9 Å². The number of benzene rings is 2. The van der Waals surface area contributed by atoms with Crippen LogP contribution in [-0.4, -0.2) is 11.7 Å². The number of aliphatic hydroxyl groups excluding tert-OH is 1. The minimum atomic E-state index is -0.632.